The Kier molecular flexibility index (Phi) is 6.91. The van der Waals surface area contributed by atoms with Gasteiger partial charge in [-0.2, -0.15) is 0 Å². The van der Waals surface area contributed by atoms with E-state index < -0.39 is 5.97 Å². The summed E-state index contributed by atoms with van der Waals surface area (Å²) in [5.74, 6) is -1.12. The van der Waals surface area contributed by atoms with Gasteiger partial charge in [0.15, 0.2) is 0 Å². The molecule has 0 aromatic heterocycles. The van der Waals surface area contributed by atoms with Gasteiger partial charge in [-0.15, -0.1) is 0 Å². The molecule has 0 bridgehead atoms. The molecule has 5 nitrogen and oxygen atoms in total. The molecule has 0 aliphatic carbocycles. The summed E-state index contributed by atoms with van der Waals surface area (Å²) in [4.78, 5) is 22.8. The molecule has 0 heterocycles. The van der Waals surface area contributed by atoms with Crippen molar-refractivity contribution in [2.75, 3.05) is 6.54 Å². The number of carbonyl (C=O) groups excluding carboxylic acids is 1. The number of rotatable bonds is 7. The number of carboxylic acid groups (broad SMARTS) is 1. The summed E-state index contributed by atoms with van der Waals surface area (Å²) in [5.41, 5.74) is 5.13. The zero-order valence-corrected chi connectivity index (χ0v) is 11.8. The lowest BCUT2D eigenvalue weighted by Crippen LogP contribution is -2.46. The van der Waals surface area contributed by atoms with Crippen LogP contribution in [-0.4, -0.2) is 29.6 Å². The highest BCUT2D eigenvalue weighted by atomic mass is 16.4. The van der Waals surface area contributed by atoms with Crippen LogP contribution in [0.25, 0.3) is 0 Å². The van der Waals surface area contributed by atoms with Gasteiger partial charge in [0.25, 0.3) is 0 Å². The van der Waals surface area contributed by atoms with Crippen LogP contribution in [0.4, 0.5) is 0 Å². The molecule has 18 heavy (non-hydrogen) atoms. The van der Waals surface area contributed by atoms with Gasteiger partial charge in [-0.05, 0) is 24.8 Å². The van der Waals surface area contributed by atoms with Crippen LogP contribution in [0.3, 0.4) is 0 Å². The molecule has 2 unspecified atom stereocenters. The SMILES string of the molecule is CC(CCCN)C(=O)NC(CC(=O)O)C(C)(C)C. The summed E-state index contributed by atoms with van der Waals surface area (Å²) in [6.45, 7) is 8.17. The molecule has 0 saturated heterocycles. The largest absolute Gasteiger partial charge is 0.481 e. The molecule has 0 fully saturated rings. The fourth-order valence-electron chi connectivity index (χ4n) is 1.62. The second-order valence-corrected chi connectivity index (χ2v) is 5.86. The summed E-state index contributed by atoms with van der Waals surface area (Å²) < 4.78 is 0. The van der Waals surface area contributed by atoms with E-state index in [1.807, 2.05) is 27.7 Å². The van der Waals surface area contributed by atoms with Crippen LogP contribution < -0.4 is 11.1 Å². The number of hydrogen-bond acceptors (Lipinski definition) is 3. The molecular weight excluding hydrogens is 232 g/mol. The molecule has 0 radical (unpaired) electrons. The third kappa shape index (κ3) is 6.59. The van der Waals surface area contributed by atoms with Crippen LogP contribution in [0.2, 0.25) is 0 Å². The third-order valence-corrected chi connectivity index (χ3v) is 3.03. The average Bonchev–Trinajstić information content (AvgIpc) is 2.22. The van der Waals surface area contributed by atoms with Gasteiger partial charge in [-0.1, -0.05) is 27.7 Å². The van der Waals surface area contributed by atoms with E-state index in [1.165, 1.54) is 0 Å². The predicted molar refractivity (Wildman–Crippen MR) is 71.1 cm³/mol. The zero-order chi connectivity index (χ0) is 14.3. The molecule has 2 atom stereocenters. The lowest BCUT2D eigenvalue weighted by Gasteiger charge is -2.31. The first-order valence-corrected chi connectivity index (χ1v) is 6.40. The van der Waals surface area contributed by atoms with Crippen LogP contribution in [0, 0.1) is 11.3 Å². The van der Waals surface area contributed by atoms with E-state index in [1.54, 1.807) is 0 Å². The first-order valence-electron chi connectivity index (χ1n) is 6.40. The highest BCUT2D eigenvalue weighted by Gasteiger charge is 2.29. The van der Waals surface area contributed by atoms with Crippen molar-refractivity contribution in [1.82, 2.24) is 5.32 Å². The molecule has 0 rings (SSSR count). The normalized spacial score (nSPS) is 14.9. The molecule has 0 aromatic carbocycles. The standard InChI is InChI=1S/C13H26N2O3/c1-9(6-5-7-14)12(18)15-10(8-11(16)17)13(2,3)4/h9-10H,5-8,14H2,1-4H3,(H,15,18)(H,16,17). The van der Waals surface area contributed by atoms with Gasteiger partial charge in [0, 0.05) is 12.0 Å². The summed E-state index contributed by atoms with van der Waals surface area (Å²) in [7, 11) is 0. The number of hydrogen-bond donors (Lipinski definition) is 3. The molecule has 0 aliphatic rings. The Morgan fingerprint density at radius 1 is 1.33 bits per heavy atom. The average molecular weight is 258 g/mol. The lowest BCUT2D eigenvalue weighted by molar-refractivity contribution is -0.138. The first kappa shape index (κ1) is 16.9. The van der Waals surface area contributed by atoms with Gasteiger partial charge in [0.05, 0.1) is 6.42 Å². The van der Waals surface area contributed by atoms with E-state index in [0.29, 0.717) is 6.54 Å². The van der Waals surface area contributed by atoms with E-state index in [-0.39, 0.29) is 29.7 Å². The minimum atomic E-state index is -0.898. The van der Waals surface area contributed by atoms with E-state index in [2.05, 4.69) is 5.32 Å². The first-order chi connectivity index (χ1) is 8.18. The Labute approximate surface area is 109 Å². The number of nitrogens with two attached hydrogens (primary N) is 1. The number of carboxylic acids is 1. The number of amides is 1. The summed E-state index contributed by atoms with van der Waals surface area (Å²) in [6, 6.07) is -0.358. The lowest BCUT2D eigenvalue weighted by atomic mass is 9.84. The Hall–Kier alpha value is -1.10. The monoisotopic (exact) mass is 258 g/mol. The van der Waals surface area contributed by atoms with E-state index in [4.69, 9.17) is 10.8 Å². The number of carbonyl (C=O) groups is 2. The van der Waals surface area contributed by atoms with Crippen molar-refractivity contribution in [2.45, 2.75) is 53.0 Å². The van der Waals surface area contributed by atoms with Crippen LogP contribution in [0.1, 0.15) is 47.0 Å². The summed E-state index contributed by atoms with van der Waals surface area (Å²) >= 11 is 0. The highest BCUT2D eigenvalue weighted by Crippen LogP contribution is 2.22. The van der Waals surface area contributed by atoms with Gasteiger partial charge < -0.3 is 16.2 Å². The minimum Gasteiger partial charge on any atom is -0.481 e. The summed E-state index contributed by atoms with van der Waals surface area (Å²) in [6.07, 6.45) is 1.47. The zero-order valence-electron chi connectivity index (χ0n) is 11.8. The third-order valence-electron chi connectivity index (χ3n) is 3.03. The second kappa shape index (κ2) is 7.36. The molecule has 5 heteroatoms. The van der Waals surface area contributed by atoms with Crippen molar-refractivity contribution >= 4 is 11.9 Å². The molecule has 0 spiro atoms. The van der Waals surface area contributed by atoms with Crippen molar-refractivity contribution in [1.29, 1.82) is 0 Å². The fraction of sp³-hybridized carbons (Fsp3) is 0.846. The van der Waals surface area contributed by atoms with Crippen LogP contribution in [0.15, 0.2) is 0 Å². The van der Waals surface area contributed by atoms with Crippen molar-refractivity contribution in [3.63, 3.8) is 0 Å². The Morgan fingerprint density at radius 3 is 2.28 bits per heavy atom. The van der Waals surface area contributed by atoms with Crippen molar-refractivity contribution in [3.8, 4) is 0 Å². The maximum absolute atomic E-state index is 11.9. The topological polar surface area (TPSA) is 92.4 Å². The maximum Gasteiger partial charge on any atom is 0.305 e. The predicted octanol–water partition coefficient (Wildman–Crippen LogP) is 1.37. The second-order valence-electron chi connectivity index (χ2n) is 5.86. The van der Waals surface area contributed by atoms with Crippen LogP contribution in [0.5, 0.6) is 0 Å². The van der Waals surface area contributed by atoms with Crippen LogP contribution in [-0.2, 0) is 9.59 Å². The molecular formula is C13H26N2O3. The molecule has 0 aromatic rings. The fourth-order valence-corrected chi connectivity index (χ4v) is 1.62. The van der Waals surface area contributed by atoms with Crippen molar-refractivity contribution in [2.24, 2.45) is 17.1 Å². The van der Waals surface area contributed by atoms with Crippen LogP contribution >= 0.6 is 0 Å². The maximum atomic E-state index is 11.9. The molecule has 1 amide bonds. The van der Waals surface area contributed by atoms with E-state index in [9.17, 15) is 9.59 Å². The molecule has 0 aliphatic heterocycles. The minimum absolute atomic E-state index is 0.0567. The quantitative estimate of drug-likeness (QED) is 0.643. The molecule has 4 N–H and O–H groups in total. The van der Waals surface area contributed by atoms with Gasteiger partial charge in [-0.25, -0.2) is 0 Å². The number of nitrogens with one attached hydrogen (secondary N) is 1. The Balaban J connectivity index is 4.48. The van der Waals surface area contributed by atoms with Gasteiger partial charge in [0.2, 0.25) is 5.91 Å². The van der Waals surface area contributed by atoms with Gasteiger partial charge >= 0.3 is 5.97 Å². The van der Waals surface area contributed by atoms with E-state index >= 15 is 0 Å². The van der Waals surface area contributed by atoms with Crippen molar-refractivity contribution in [3.05, 3.63) is 0 Å². The van der Waals surface area contributed by atoms with Gasteiger partial charge in [0.1, 0.15) is 0 Å². The molecule has 0 saturated carbocycles. The molecule has 106 valence electrons. The van der Waals surface area contributed by atoms with E-state index in [0.717, 1.165) is 12.8 Å². The summed E-state index contributed by atoms with van der Waals surface area (Å²) in [5, 5.41) is 11.7. The Bertz CT molecular complexity index is 284. The highest BCUT2D eigenvalue weighted by molar-refractivity contribution is 5.79. The van der Waals surface area contributed by atoms with Crippen molar-refractivity contribution < 1.29 is 14.7 Å². The smallest absolute Gasteiger partial charge is 0.305 e. The van der Waals surface area contributed by atoms with Gasteiger partial charge in [-0.3, -0.25) is 9.59 Å². The number of aliphatic carboxylic acids is 1. The Morgan fingerprint density at radius 2 is 1.89 bits per heavy atom.